The van der Waals surface area contributed by atoms with E-state index >= 15 is 0 Å². The number of fused-ring (bicyclic) bond motifs is 6. The SMILES string of the molecule is CCc1cc2c(ccc3ccccc32)[cH-]1.CCc1cc2c(ccc3ccccc32)[cH-]1.[CH2-]c1ccccc1.[Cl-].[Cl-].[Si]=[Zr+2]. The number of rotatable bonds is 2. The van der Waals surface area contributed by atoms with Gasteiger partial charge in [-0.1, -0.05) is 91.3 Å². The molecule has 0 unspecified atom stereocenters. The summed E-state index contributed by atoms with van der Waals surface area (Å²) in [4.78, 5) is 0. The van der Waals surface area contributed by atoms with Gasteiger partial charge in [0.25, 0.3) is 0 Å². The van der Waals surface area contributed by atoms with E-state index in [9.17, 15) is 0 Å². The average Bonchev–Trinajstić information content (AvgIpc) is 3.64. The average molecular weight is 668 g/mol. The summed E-state index contributed by atoms with van der Waals surface area (Å²) in [7, 11) is 0. The molecule has 2 radical (unpaired) electrons. The molecule has 41 heavy (non-hydrogen) atoms. The molecular formula is C37H33Cl2SiZr-3. The molecule has 0 aromatic heterocycles. The third-order valence-corrected chi connectivity index (χ3v) is 7.01. The molecule has 0 atom stereocenters. The van der Waals surface area contributed by atoms with Gasteiger partial charge in [0.2, 0.25) is 0 Å². The topological polar surface area (TPSA) is 0 Å². The minimum atomic E-state index is 0. The summed E-state index contributed by atoms with van der Waals surface area (Å²) in [6.45, 7) is 11.2. The second kappa shape index (κ2) is 17.4. The molecule has 0 saturated heterocycles. The first kappa shape index (κ1) is 34.6. The fourth-order valence-electron chi connectivity index (χ4n) is 4.94. The molecule has 0 spiro atoms. The fourth-order valence-corrected chi connectivity index (χ4v) is 4.94. The summed E-state index contributed by atoms with van der Waals surface area (Å²) in [5.74, 6) is 0. The molecule has 0 heterocycles. The van der Waals surface area contributed by atoms with Crippen molar-refractivity contribution in [2.75, 3.05) is 0 Å². The summed E-state index contributed by atoms with van der Waals surface area (Å²) in [6.07, 6.45) is 2.23. The van der Waals surface area contributed by atoms with Crippen LogP contribution in [0.25, 0.3) is 43.1 Å². The Morgan fingerprint density at radius 3 is 1.29 bits per heavy atom. The molecule has 4 heteroatoms. The van der Waals surface area contributed by atoms with E-state index in [-0.39, 0.29) is 24.8 Å². The van der Waals surface area contributed by atoms with Crippen molar-refractivity contribution in [3.63, 3.8) is 0 Å². The van der Waals surface area contributed by atoms with Crippen LogP contribution in [0, 0.1) is 6.92 Å². The van der Waals surface area contributed by atoms with E-state index in [1.807, 2.05) is 30.3 Å². The van der Waals surface area contributed by atoms with Crippen LogP contribution in [-0.2, 0) is 36.2 Å². The van der Waals surface area contributed by atoms with Crippen LogP contribution in [0.2, 0.25) is 0 Å². The van der Waals surface area contributed by atoms with Crippen LogP contribution in [0.1, 0.15) is 30.5 Å². The van der Waals surface area contributed by atoms with Gasteiger partial charge < -0.3 is 24.8 Å². The molecule has 0 aliphatic heterocycles. The van der Waals surface area contributed by atoms with E-state index in [0.717, 1.165) is 18.4 Å². The van der Waals surface area contributed by atoms with E-state index < -0.39 is 0 Å². The van der Waals surface area contributed by atoms with Crippen molar-refractivity contribution in [1.82, 2.24) is 0 Å². The first-order chi connectivity index (χ1) is 19.2. The quantitative estimate of drug-likeness (QED) is 0.193. The number of hydrogen-bond donors (Lipinski definition) is 0. The zero-order valence-electron chi connectivity index (χ0n) is 23.5. The van der Waals surface area contributed by atoms with E-state index in [1.54, 1.807) is 0 Å². The van der Waals surface area contributed by atoms with Gasteiger partial charge >= 0.3 is 30.2 Å². The Hall–Kier alpha value is -2.61. The molecule has 206 valence electrons. The molecule has 0 amide bonds. The van der Waals surface area contributed by atoms with Gasteiger partial charge in [-0.2, -0.15) is 36.8 Å². The van der Waals surface area contributed by atoms with Crippen LogP contribution in [0.4, 0.5) is 0 Å². The van der Waals surface area contributed by atoms with Crippen LogP contribution in [0.3, 0.4) is 0 Å². The van der Waals surface area contributed by atoms with Gasteiger partial charge in [0.1, 0.15) is 0 Å². The van der Waals surface area contributed by atoms with Crippen LogP contribution in [-0.4, -0.2) is 6.88 Å². The number of hydrogen-bond acceptors (Lipinski definition) is 0. The second-order valence-electron chi connectivity index (χ2n) is 9.50. The first-order valence-electron chi connectivity index (χ1n) is 13.4. The van der Waals surface area contributed by atoms with Gasteiger partial charge in [-0.05, 0) is 23.6 Å². The normalized spacial score (nSPS) is 9.85. The predicted molar refractivity (Wildman–Crippen MR) is 170 cm³/mol. The summed E-state index contributed by atoms with van der Waals surface area (Å²) in [5, 5.41) is 10.9. The van der Waals surface area contributed by atoms with Crippen LogP contribution in [0.5, 0.6) is 0 Å². The molecule has 0 nitrogen and oxygen atoms in total. The van der Waals surface area contributed by atoms with Crippen molar-refractivity contribution in [3.05, 3.63) is 151 Å². The maximum absolute atomic E-state index is 3.72. The van der Waals surface area contributed by atoms with Gasteiger partial charge in [0.15, 0.2) is 0 Å². The van der Waals surface area contributed by atoms with Crippen LogP contribution in [0.15, 0.2) is 127 Å². The Bertz CT molecular complexity index is 1670. The summed E-state index contributed by atoms with van der Waals surface area (Å²) in [5.41, 5.74) is 3.94. The van der Waals surface area contributed by atoms with E-state index in [0.29, 0.717) is 0 Å². The van der Waals surface area contributed by atoms with Crippen molar-refractivity contribution >= 4 is 50.0 Å². The molecule has 0 fully saturated rings. The van der Waals surface area contributed by atoms with Crippen molar-refractivity contribution in [1.29, 1.82) is 0 Å². The summed E-state index contributed by atoms with van der Waals surface area (Å²) in [6, 6.07) is 45.1. The molecule has 7 rings (SSSR count). The number of benzene rings is 5. The van der Waals surface area contributed by atoms with Crippen LogP contribution < -0.4 is 24.8 Å². The fraction of sp³-hybridized carbons (Fsp3) is 0.108. The molecule has 7 aromatic rings. The first-order valence-corrected chi connectivity index (χ1v) is 17.6. The number of halogens is 2. The Balaban J connectivity index is 0.000000215. The Kier molecular flexibility index (Phi) is 14.7. The molecule has 0 aliphatic rings. The monoisotopic (exact) mass is 665 g/mol. The zero-order chi connectivity index (χ0) is 27.6. The van der Waals surface area contributed by atoms with E-state index in [4.69, 9.17) is 0 Å². The molecule has 0 N–H and O–H groups in total. The van der Waals surface area contributed by atoms with Crippen LogP contribution >= 0.6 is 0 Å². The standard InChI is InChI=1S/2C15H13.C7H7.2ClH.Si.Zr/c2*1-2-11-9-13-8-7-12-5-3-4-6-14(12)15(13)10-11;1-7-5-3-2-4-6-7;;;;/h2*3-10H,2H2,1H3;2-6H,1H2;2*1H;;/q3*-1;;;;+2/p-2. The van der Waals surface area contributed by atoms with E-state index in [2.05, 4.69) is 125 Å². The van der Waals surface area contributed by atoms with Gasteiger partial charge in [-0.25, -0.2) is 0 Å². The van der Waals surface area contributed by atoms with Crippen molar-refractivity contribution < 1.29 is 48.1 Å². The summed E-state index contributed by atoms with van der Waals surface area (Å²) >= 11 is 1.36. The van der Waals surface area contributed by atoms with Gasteiger partial charge in [-0.15, -0.1) is 69.1 Å². The molecule has 7 aromatic carbocycles. The van der Waals surface area contributed by atoms with Gasteiger partial charge in [0.05, 0.1) is 0 Å². The Labute approximate surface area is 273 Å². The maximum atomic E-state index is 3.72. The van der Waals surface area contributed by atoms with Gasteiger partial charge in [-0.3, -0.25) is 0 Å². The van der Waals surface area contributed by atoms with Crippen molar-refractivity contribution in [3.8, 4) is 0 Å². The van der Waals surface area contributed by atoms with E-state index in [1.165, 1.54) is 77.6 Å². The number of aryl methyl sites for hydroxylation is 2. The predicted octanol–water partition coefficient (Wildman–Crippen LogP) is 4.04. The molecule has 0 bridgehead atoms. The Morgan fingerprint density at radius 1 is 0.537 bits per heavy atom. The molecular weight excluding hydrogens is 635 g/mol. The Morgan fingerprint density at radius 2 is 0.927 bits per heavy atom. The molecule has 0 saturated carbocycles. The second-order valence-corrected chi connectivity index (χ2v) is 9.50. The molecule has 0 aliphatic carbocycles. The zero-order valence-corrected chi connectivity index (χ0v) is 28.5. The minimum absolute atomic E-state index is 0. The summed E-state index contributed by atoms with van der Waals surface area (Å²) < 4.78 is 0. The van der Waals surface area contributed by atoms with Crippen molar-refractivity contribution in [2.24, 2.45) is 0 Å². The van der Waals surface area contributed by atoms with Crippen molar-refractivity contribution in [2.45, 2.75) is 26.7 Å². The third kappa shape index (κ3) is 8.69. The third-order valence-electron chi connectivity index (χ3n) is 7.01. The van der Waals surface area contributed by atoms with Gasteiger partial charge in [0, 0.05) is 0 Å².